The van der Waals surface area contributed by atoms with E-state index < -0.39 is 29.4 Å². The molecule has 0 radical (unpaired) electrons. The molecule has 2 aromatic rings. The summed E-state index contributed by atoms with van der Waals surface area (Å²) in [7, 11) is 1.47. The lowest BCUT2D eigenvalue weighted by atomic mass is 9.97. The van der Waals surface area contributed by atoms with E-state index in [2.05, 4.69) is 10.3 Å². The van der Waals surface area contributed by atoms with Gasteiger partial charge in [-0.1, -0.05) is 6.07 Å². The third kappa shape index (κ3) is 3.18. The van der Waals surface area contributed by atoms with Gasteiger partial charge in [-0.05, 0) is 30.8 Å². The molecule has 0 saturated heterocycles. The van der Waals surface area contributed by atoms with Gasteiger partial charge in [0.2, 0.25) is 0 Å². The van der Waals surface area contributed by atoms with Crippen LogP contribution in [0.25, 0.3) is 0 Å². The summed E-state index contributed by atoms with van der Waals surface area (Å²) in [6.07, 6.45) is -2.51. The quantitative estimate of drug-likeness (QED) is 0.875. The number of halogens is 5. The molecular weight excluding hydrogens is 291 g/mol. The van der Waals surface area contributed by atoms with Crippen molar-refractivity contribution in [1.29, 1.82) is 0 Å². The number of aromatic nitrogens is 1. The van der Waals surface area contributed by atoms with Crippen molar-refractivity contribution in [2.24, 2.45) is 0 Å². The molecule has 0 aliphatic carbocycles. The summed E-state index contributed by atoms with van der Waals surface area (Å²) in [5.41, 5.74) is -1.14. The molecule has 1 atom stereocenters. The van der Waals surface area contributed by atoms with Crippen molar-refractivity contribution in [2.75, 3.05) is 7.05 Å². The smallest absolute Gasteiger partial charge is 0.309 e. The third-order valence-electron chi connectivity index (χ3n) is 3.03. The van der Waals surface area contributed by atoms with Gasteiger partial charge in [0.05, 0.1) is 17.8 Å². The number of benzene rings is 1. The van der Waals surface area contributed by atoms with E-state index in [1.54, 1.807) is 0 Å². The van der Waals surface area contributed by atoms with Crippen molar-refractivity contribution in [3.63, 3.8) is 0 Å². The Kier molecular flexibility index (Phi) is 4.22. The maximum Gasteiger partial charge on any atom is 0.419 e. The van der Waals surface area contributed by atoms with E-state index >= 15 is 0 Å². The molecule has 0 saturated carbocycles. The molecule has 0 amide bonds. The first-order valence-electron chi connectivity index (χ1n) is 5.98. The van der Waals surface area contributed by atoms with Crippen LogP contribution in [0.5, 0.6) is 0 Å². The summed E-state index contributed by atoms with van der Waals surface area (Å²) in [5.74, 6) is -2.02. The van der Waals surface area contributed by atoms with Gasteiger partial charge in [0.25, 0.3) is 0 Å². The van der Waals surface area contributed by atoms with Gasteiger partial charge in [-0.15, -0.1) is 0 Å². The standard InChI is InChI=1S/C14H11F5N2/c1-20-13(9-4-5-21-7-12(9)16)8-2-3-11(15)10(6-8)14(17,18)19/h2-7,13,20H,1H3. The van der Waals surface area contributed by atoms with Gasteiger partial charge in [0, 0.05) is 11.8 Å². The normalized spacial score (nSPS) is 13.2. The molecule has 2 rings (SSSR count). The van der Waals surface area contributed by atoms with Gasteiger partial charge in [-0.2, -0.15) is 13.2 Å². The predicted molar refractivity (Wildman–Crippen MR) is 66.5 cm³/mol. The van der Waals surface area contributed by atoms with E-state index in [-0.39, 0.29) is 11.1 Å². The summed E-state index contributed by atoms with van der Waals surface area (Å²) in [6, 6.07) is 3.10. The van der Waals surface area contributed by atoms with Crippen LogP contribution in [0.2, 0.25) is 0 Å². The monoisotopic (exact) mass is 302 g/mol. The van der Waals surface area contributed by atoms with Crippen molar-refractivity contribution < 1.29 is 22.0 Å². The Morgan fingerprint density at radius 2 is 1.81 bits per heavy atom. The fraction of sp³-hybridized carbons (Fsp3) is 0.214. The minimum atomic E-state index is -4.81. The van der Waals surface area contributed by atoms with Gasteiger partial charge in [0.15, 0.2) is 0 Å². The van der Waals surface area contributed by atoms with Crippen molar-refractivity contribution >= 4 is 0 Å². The number of pyridine rings is 1. The van der Waals surface area contributed by atoms with Crippen molar-refractivity contribution in [3.8, 4) is 0 Å². The lowest BCUT2D eigenvalue weighted by Crippen LogP contribution is -2.20. The van der Waals surface area contributed by atoms with E-state index in [9.17, 15) is 22.0 Å². The Morgan fingerprint density at radius 3 is 2.38 bits per heavy atom. The molecule has 112 valence electrons. The van der Waals surface area contributed by atoms with E-state index in [0.717, 1.165) is 12.3 Å². The number of nitrogens with zero attached hydrogens (tertiary/aromatic N) is 1. The van der Waals surface area contributed by atoms with Crippen LogP contribution in [0.4, 0.5) is 22.0 Å². The molecule has 7 heteroatoms. The van der Waals surface area contributed by atoms with Gasteiger partial charge in [-0.25, -0.2) is 8.78 Å². The molecule has 1 unspecified atom stereocenters. The number of hydrogen-bond donors (Lipinski definition) is 1. The molecule has 0 fully saturated rings. The van der Waals surface area contributed by atoms with Gasteiger partial charge in [0.1, 0.15) is 11.6 Å². The van der Waals surface area contributed by atoms with Crippen LogP contribution in [-0.2, 0) is 6.18 Å². The second-order valence-corrected chi connectivity index (χ2v) is 4.36. The first-order valence-corrected chi connectivity index (χ1v) is 5.98. The number of hydrogen-bond acceptors (Lipinski definition) is 2. The van der Waals surface area contributed by atoms with Crippen LogP contribution >= 0.6 is 0 Å². The topological polar surface area (TPSA) is 24.9 Å². The van der Waals surface area contributed by atoms with Gasteiger partial charge < -0.3 is 5.32 Å². The van der Waals surface area contributed by atoms with E-state index in [1.807, 2.05) is 0 Å². The highest BCUT2D eigenvalue weighted by Gasteiger charge is 2.34. The summed E-state index contributed by atoms with van der Waals surface area (Å²) in [6.45, 7) is 0. The van der Waals surface area contributed by atoms with Crippen LogP contribution in [0.15, 0.2) is 36.7 Å². The Labute approximate surface area is 117 Å². The summed E-state index contributed by atoms with van der Waals surface area (Å²) >= 11 is 0. The zero-order valence-electron chi connectivity index (χ0n) is 10.9. The SMILES string of the molecule is CNC(c1ccc(F)c(C(F)(F)F)c1)c1ccncc1F. The minimum absolute atomic E-state index is 0.108. The fourth-order valence-electron chi connectivity index (χ4n) is 2.06. The highest BCUT2D eigenvalue weighted by atomic mass is 19.4. The number of rotatable bonds is 3. The number of alkyl halides is 3. The highest BCUT2D eigenvalue weighted by Crippen LogP contribution is 2.34. The van der Waals surface area contributed by atoms with Gasteiger partial charge >= 0.3 is 6.18 Å². The lowest BCUT2D eigenvalue weighted by Gasteiger charge is -2.19. The predicted octanol–water partition coefficient (Wildman–Crippen LogP) is 3.69. The minimum Gasteiger partial charge on any atom is -0.309 e. The van der Waals surface area contributed by atoms with E-state index in [4.69, 9.17) is 0 Å². The molecule has 0 aliphatic heterocycles. The van der Waals surface area contributed by atoms with Gasteiger partial charge in [-0.3, -0.25) is 4.98 Å². The maximum atomic E-state index is 13.7. The van der Waals surface area contributed by atoms with E-state index in [1.165, 1.54) is 25.4 Å². The molecule has 21 heavy (non-hydrogen) atoms. The highest BCUT2D eigenvalue weighted by molar-refractivity contribution is 5.35. The molecule has 0 aliphatic rings. The first kappa shape index (κ1) is 15.4. The average molecular weight is 302 g/mol. The van der Waals surface area contributed by atoms with Crippen LogP contribution in [-0.4, -0.2) is 12.0 Å². The molecule has 0 spiro atoms. The number of nitrogens with one attached hydrogen (secondary N) is 1. The zero-order valence-corrected chi connectivity index (χ0v) is 10.9. The summed E-state index contributed by atoms with van der Waals surface area (Å²) < 4.78 is 65.2. The third-order valence-corrected chi connectivity index (χ3v) is 3.03. The largest absolute Gasteiger partial charge is 0.419 e. The molecule has 2 nitrogen and oxygen atoms in total. The fourth-order valence-corrected chi connectivity index (χ4v) is 2.06. The maximum absolute atomic E-state index is 13.7. The Hall–Kier alpha value is -2.02. The van der Waals surface area contributed by atoms with Crippen LogP contribution in [0, 0.1) is 11.6 Å². The zero-order chi connectivity index (χ0) is 15.6. The van der Waals surface area contributed by atoms with Crippen LogP contribution < -0.4 is 5.32 Å². The van der Waals surface area contributed by atoms with Crippen molar-refractivity contribution in [1.82, 2.24) is 10.3 Å². The average Bonchev–Trinajstić information content (AvgIpc) is 2.42. The molecule has 1 aromatic carbocycles. The summed E-state index contributed by atoms with van der Waals surface area (Å²) in [5, 5.41) is 2.72. The molecule has 1 N–H and O–H groups in total. The van der Waals surface area contributed by atoms with Crippen molar-refractivity contribution in [2.45, 2.75) is 12.2 Å². The second-order valence-electron chi connectivity index (χ2n) is 4.36. The van der Waals surface area contributed by atoms with E-state index in [0.29, 0.717) is 6.07 Å². The van der Waals surface area contributed by atoms with Crippen molar-refractivity contribution in [3.05, 3.63) is 65.0 Å². The molecule has 0 bridgehead atoms. The Bertz CT molecular complexity index is 640. The summed E-state index contributed by atoms with van der Waals surface area (Å²) in [4.78, 5) is 3.58. The molecule has 1 aromatic heterocycles. The van der Waals surface area contributed by atoms with Crippen LogP contribution in [0.1, 0.15) is 22.7 Å². The Morgan fingerprint density at radius 1 is 1.10 bits per heavy atom. The first-order chi connectivity index (χ1) is 9.84. The molecule has 1 heterocycles. The lowest BCUT2D eigenvalue weighted by molar-refractivity contribution is -0.140. The molecular formula is C14H11F5N2. The van der Waals surface area contributed by atoms with Crippen LogP contribution in [0.3, 0.4) is 0 Å². The second kappa shape index (κ2) is 5.77. The Balaban J connectivity index is 2.52.